The number of carbonyl (C=O) groups is 2. The van der Waals surface area contributed by atoms with Crippen LogP contribution in [-0.2, 0) is 9.59 Å². The number of carbonyl (C=O) groups excluding carboxylic acids is 2. The molecule has 0 spiro atoms. The molecular weight excluding hydrogens is 332 g/mol. The number of rotatable bonds is 1. The second-order valence-electron chi connectivity index (χ2n) is 5.84. The fourth-order valence-electron chi connectivity index (χ4n) is 3.30. The van der Waals surface area contributed by atoms with E-state index in [0.29, 0.717) is 6.54 Å². The van der Waals surface area contributed by atoms with Gasteiger partial charge in [-0.3, -0.25) is 14.5 Å². The summed E-state index contributed by atoms with van der Waals surface area (Å²) in [6.07, 6.45) is 2.78. The molecule has 4 nitrogen and oxygen atoms in total. The lowest BCUT2D eigenvalue weighted by molar-refractivity contribution is -0.147. The summed E-state index contributed by atoms with van der Waals surface area (Å²) in [5.41, 5.74) is 1.86. The first-order valence-electron chi connectivity index (χ1n) is 7.41. The Kier molecular flexibility index (Phi) is 3.78. The van der Waals surface area contributed by atoms with Crippen LogP contribution in [0.1, 0.15) is 31.7 Å². The molecule has 0 saturated carbocycles. The van der Waals surface area contributed by atoms with Gasteiger partial charge in [-0.2, -0.15) is 0 Å². The molecule has 0 radical (unpaired) electrons. The topological polar surface area (TPSA) is 40.6 Å². The van der Waals surface area contributed by atoms with Crippen molar-refractivity contribution in [3.05, 3.63) is 28.2 Å². The Hall–Kier alpha value is -1.36. The zero-order chi connectivity index (χ0) is 15.1. The van der Waals surface area contributed by atoms with E-state index >= 15 is 0 Å². The summed E-state index contributed by atoms with van der Waals surface area (Å²) in [5, 5.41) is 0. The van der Waals surface area contributed by atoms with E-state index in [9.17, 15) is 9.59 Å². The molecule has 0 N–H and O–H groups in total. The van der Waals surface area contributed by atoms with Gasteiger partial charge in [-0.1, -0.05) is 12.1 Å². The van der Waals surface area contributed by atoms with Gasteiger partial charge in [-0.15, -0.1) is 0 Å². The Bertz CT molecular complexity index is 602. The Labute approximate surface area is 133 Å². The highest BCUT2D eigenvalue weighted by molar-refractivity contribution is 9.10. The van der Waals surface area contributed by atoms with Crippen molar-refractivity contribution in [1.29, 1.82) is 0 Å². The number of hydrogen-bond acceptors (Lipinski definition) is 2. The Balaban J connectivity index is 2.03. The molecular formula is C16H19BrN2O2. The molecule has 2 aliphatic heterocycles. The van der Waals surface area contributed by atoms with Crippen LogP contribution in [0.2, 0.25) is 0 Å². The minimum Gasteiger partial charge on any atom is -0.329 e. The second-order valence-corrected chi connectivity index (χ2v) is 6.63. The summed E-state index contributed by atoms with van der Waals surface area (Å²) in [7, 11) is 0. The zero-order valence-corrected chi connectivity index (χ0v) is 13.9. The van der Waals surface area contributed by atoms with Gasteiger partial charge in [0.2, 0.25) is 5.91 Å². The van der Waals surface area contributed by atoms with Crippen molar-refractivity contribution < 1.29 is 9.59 Å². The van der Waals surface area contributed by atoms with Crippen LogP contribution in [0.15, 0.2) is 22.7 Å². The van der Waals surface area contributed by atoms with Gasteiger partial charge >= 0.3 is 0 Å². The van der Waals surface area contributed by atoms with Gasteiger partial charge in [0.1, 0.15) is 12.1 Å². The van der Waals surface area contributed by atoms with Crippen LogP contribution >= 0.6 is 15.9 Å². The van der Waals surface area contributed by atoms with Gasteiger partial charge in [-0.05, 0) is 60.7 Å². The van der Waals surface area contributed by atoms with Crippen molar-refractivity contribution in [2.45, 2.75) is 45.2 Å². The number of piperidine rings is 1. The molecule has 2 amide bonds. The van der Waals surface area contributed by atoms with E-state index in [2.05, 4.69) is 15.9 Å². The normalized spacial score (nSPS) is 26.0. The lowest BCUT2D eigenvalue weighted by Crippen LogP contribution is -2.65. The molecule has 21 heavy (non-hydrogen) atoms. The van der Waals surface area contributed by atoms with Crippen LogP contribution in [-0.4, -0.2) is 35.3 Å². The highest BCUT2D eigenvalue weighted by atomic mass is 79.9. The Morgan fingerprint density at radius 2 is 1.95 bits per heavy atom. The average Bonchev–Trinajstić information content (AvgIpc) is 2.49. The summed E-state index contributed by atoms with van der Waals surface area (Å²) < 4.78 is 0.891. The molecule has 2 saturated heterocycles. The number of piperazine rings is 1. The molecule has 5 heteroatoms. The average molecular weight is 351 g/mol. The number of aryl methyl sites for hydroxylation is 1. The van der Waals surface area contributed by atoms with E-state index in [1.807, 2.05) is 32.0 Å². The molecule has 1 aromatic rings. The number of benzene rings is 1. The van der Waals surface area contributed by atoms with Gasteiger partial charge in [0.15, 0.2) is 0 Å². The highest BCUT2D eigenvalue weighted by Gasteiger charge is 2.45. The summed E-state index contributed by atoms with van der Waals surface area (Å²) in [5.74, 6) is 0.112. The van der Waals surface area contributed by atoms with E-state index in [1.54, 1.807) is 9.80 Å². The Morgan fingerprint density at radius 1 is 1.19 bits per heavy atom. The summed E-state index contributed by atoms with van der Waals surface area (Å²) >= 11 is 3.56. The van der Waals surface area contributed by atoms with E-state index in [1.165, 1.54) is 0 Å². The first-order chi connectivity index (χ1) is 10.0. The van der Waals surface area contributed by atoms with E-state index in [4.69, 9.17) is 0 Å². The van der Waals surface area contributed by atoms with Crippen LogP contribution in [0.4, 0.5) is 5.69 Å². The molecule has 0 aromatic heterocycles. The first kappa shape index (κ1) is 14.6. The monoisotopic (exact) mass is 350 g/mol. The van der Waals surface area contributed by atoms with Gasteiger partial charge in [-0.25, -0.2) is 0 Å². The molecule has 3 rings (SSSR count). The quantitative estimate of drug-likeness (QED) is 0.781. The van der Waals surface area contributed by atoms with Crippen LogP contribution in [0.3, 0.4) is 0 Å². The third kappa shape index (κ3) is 2.27. The third-order valence-corrected chi connectivity index (χ3v) is 5.52. The predicted octanol–water partition coefficient (Wildman–Crippen LogP) is 2.87. The van der Waals surface area contributed by atoms with Crippen molar-refractivity contribution in [3.8, 4) is 0 Å². The molecule has 2 unspecified atom stereocenters. The predicted molar refractivity (Wildman–Crippen MR) is 85.2 cm³/mol. The Morgan fingerprint density at radius 3 is 2.71 bits per heavy atom. The molecule has 1 aromatic carbocycles. The summed E-state index contributed by atoms with van der Waals surface area (Å²) in [4.78, 5) is 28.9. The molecule has 2 atom stereocenters. The van der Waals surface area contributed by atoms with Crippen LogP contribution < -0.4 is 4.90 Å². The fraction of sp³-hybridized carbons (Fsp3) is 0.500. The maximum atomic E-state index is 12.9. The third-order valence-electron chi connectivity index (χ3n) is 4.48. The van der Waals surface area contributed by atoms with E-state index in [-0.39, 0.29) is 17.9 Å². The molecule has 0 bridgehead atoms. The smallest absolute Gasteiger partial charge is 0.250 e. The van der Waals surface area contributed by atoms with Crippen LogP contribution in [0, 0.1) is 6.92 Å². The van der Waals surface area contributed by atoms with E-state index in [0.717, 1.165) is 35.0 Å². The number of nitrogens with zero attached hydrogens (tertiary/aromatic N) is 2. The van der Waals surface area contributed by atoms with E-state index < -0.39 is 6.04 Å². The van der Waals surface area contributed by atoms with Gasteiger partial charge < -0.3 is 4.90 Å². The number of hydrogen-bond donors (Lipinski definition) is 0. The van der Waals surface area contributed by atoms with Crippen molar-refractivity contribution >= 4 is 33.4 Å². The van der Waals surface area contributed by atoms with Gasteiger partial charge in [0.05, 0.1) is 5.69 Å². The number of fused-ring (bicyclic) bond motifs is 1. The highest BCUT2D eigenvalue weighted by Crippen LogP contribution is 2.35. The lowest BCUT2D eigenvalue weighted by atomic mass is 9.95. The minimum atomic E-state index is -0.440. The van der Waals surface area contributed by atoms with Gasteiger partial charge in [0.25, 0.3) is 5.91 Å². The van der Waals surface area contributed by atoms with Crippen molar-refractivity contribution in [2.75, 3.05) is 11.4 Å². The lowest BCUT2D eigenvalue weighted by Gasteiger charge is -2.46. The largest absolute Gasteiger partial charge is 0.329 e. The van der Waals surface area contributed by atoms with Gasteiger partial charge in [0, 0.05) is 11.0 Å². The number of halogens is 1. The first-order valence-corrected chi connectivity index (χ1v) is 8.20. The van der Waals surface area contributed by atoms with Crippen LogP contribution in [0.5, 0.6) is 0 Å². The molecule has 2 heterocycles. The molecule has 2 aliphatic rings. The summed E-state index contributed by atoms with van der Waals surface area (Å²) in [6, 6.07) is 5.09. The maximum absolute atomic E-state index is 12.9. The number of anilines is 1. The van der Waals surface area contributed by atoms with Crippen molar-refractivity contribution in [1.82, 2.24) is 4.90 Å². The molecule has 0 aliphatic carbocycles. The van der Waals surface area contributed by atoms with Crippen molar-refractivity contribution in [3.63, 3.8) is 0 Å². The number of amides is 2. The minimum absolute atomic E-state index is 0.0492. The zero-order valence-electron chi connectivity index (χ0n) is 12.3. The standard InChI is InChI=1S/C16H19BrN2O2/c1-10-6-5-8-12(14(10)17)19-11(2)15(20)18-9-4-3-7-13(18)16(19)21/h5-6,8,11,13H,3-4,7,9H2,1-2H3. The van der Waals surface area contributed by atoms with Crippen LogP contribution in [0.25, 0.3) is 0 Å². The second kappa shape index (κ2) is 5.44. The van der Waals surface area contributed by atoms with Crippen molar-refractivity contribution in [2.24, 2.45) is 0 Å². The summed E-state index contributed by atoms with van der Waals surface area (Å²) in [6.45, 7) is 4.52. The maximum Gasteiger partial charge on any atom is 0.250 e. The molecule has 112 valence electrons. The fourth-order valence-corrected chi connectivity index (χ4v) is 3.75. The molecule has 2 fully saturated rings. The SMILES string of the molecule is Cc1cccc(N2C(=O)C3CCCCN3C(=O)C2C)c1Br.